The van der Waals surface area contributed by atoms with Gasteiger partial charge in [0.1, 0.15) is 0 Å². The lowest BCUT2D eigenvalue weighted by Gasteiger charge is -2.22. The summed E-state index contributed by atoms with van der Waals surface area (Å²) in [6.07, 6.45) is 0. The third-order valence-corrected chi connectivity index (χ3v) is 3.57. The summed E-state index contributed by atoms with van der Waals surface area (Å²) in [5.41, 5.74) is 10.1. The molecule has 0 fully saturated rings. The molecular weight excluding hydrogens is 244 g/mol. The van der Waals surface area contributed by atoms with E-state index in [9.17, 15) is 0 Å². The summed E-state index contributed by atoms with van der Waals surface area (Å²) >= 11 is 6.15. The fraction of sp³-hybridized carbons (Fsp3) is 0.200. The van der Waals surface area contributed by atoms with Gasteiger partial charge in [0.25, 0.3) is 0 Å². The Kier molecular flexibility index (Phi) is 3.90. The summed E-state index contributed by atoms with van der Waals surface area (Å²) < 4.78 is 0. The van der Waals surface area contributed by atoms with Gasteiger partial charge < -0.3 is 10.6 Å². The van der Waals surface area contributed by atoms with Crippen LogP contribution in [0.25, 0.3) is 0 Å². The zero-order valence-electron chi connectivity index (χ0n) is 10.7. The Labute approximate surface area is 113 Å². The predicted octanol–water partition coefficient (Wildman–Crippen LogP) is 3.88. The van der Waals surface area contributed by atoms with Crippen LogP contribution in [0.2, 0.25) is 5.02 Å². The molecule has 0 spiro atoms. The molecule has 0 radical (unpaired) electrons. The smallest absolute Gasteiger partial charge is 0.0455 e. The lowest BCUT2D eigenvalue weighted by atomic mass is 10.1. The van der Waals surface area contributed by atoms with Gasteiger partial charge in [-0.05, 0) is 42.3 Å². The number of hydrogen-bond donors (Lipinski definition) is 1. The fourth-order valence-electron chi connectivity index (χ4n) is 1.95. The molecule has 0 amide bonds. The molecule has 2 aromatic rings. The van der Waals surface area contributed by atoms with Crippen molar-refractivity contribution >= 4 is 23.0 Å². The van der Waals surface area contributed by atoms with Crippen LogP contribution in [0.4, 0.5) is 11.4 Å². The average Bonchev–Trinajstić information content (AvgIpc) is 2.41. The maximum absolute atomic E-state index is 6.15. The Morgan fingerprint density at radius 1 is 1.11 bits per heavy atom. The molecule has 0 saturated carbocycles. The van der Waals surface area contributed by atoms with Crippen molar-refractivity contribution in [3.8, 4) is 0 Å². The zero-order valence-corrected chi connectivity index (χ0v) is 11.4. The number of nitrogens with zero attached hydrogens (tertiary/aromatic N) is 1. The first-order valence-corrected chi connectivity index (χ1v) is 6.29. The van der Waals surface area contributed by atoms with E-state index in [4.69, 9.17) is 17.3 Å². The highest BCUT2D eigenvalue weighted by Gasteiger charge is 2.08. The summed E-state index contributed by atoms with van der Waals surface area (Å²) in [7, 11) is 2.04. The topological polar surface area (TPSA) is 29.3 Å². The Hall–Kier alpha value is -1.51. The summed E-state index contributed by atoms with van der Waals surface area (Å²) in [5.74, 6) is 0. The van der Waals surface area contributed by atoms with Crippen LogP contribution >= 0.6 is 11.6 Å². The summed E-state index contributed by atoms with van der Waals surface area (Å²) in [6.45, 7) is 2.60. The second kappa shape index (κ2) is 5.42. The second-order valence-electron chi connectivity index (χ2n) is 4.31. The van der Waals surface area contributed by atoms with Crippen LogP contribution < -0.4 is 10.6 Å². The Morgan fingerprint density at radius 2 is 1.78 bits per heavy atom. The van der Waals surface area contributed by atoms with Gasteiger partial charge in [-0.2, -0.15) is 0 Å². The summed E-state index contributed by atoms with van der Waals surface area (Å²) in [6, 6.07) is 14.2. The Bertz CT molecular complexity index is 535. The van der Waals surface area contributed by atoms with Crippen LogP contribution in [0.3, 0.4) is 0 Å². The molecule has 18 heavy (non-hydrogen) atoms. The molecule has 3 heteroatoms. The van der Waals surface area contributed by atoms with E-state index < -0.39 is 0 Å². The van der Waals surface area contributed by atoms with Crippen molar-refractivity contribution in [2.75, 3.05) is 11.9 Å². The van der Waals surface area contributed by atoms with Gasteiger partial charge in [-0.25, -0.2) is 0 Å². The first-order chi connectivity index (χ1) is 8.63. The van der Waals surface area contributed by atoms with Crippen molar-refractivity contribution in [3.63, 3.8) is 0 Å². The average molecular weight is 261 g/mol. The monoisotopic (exact) mass is 260 g/mol. The molecule has 94 valence electrons. The molecule has 0 bridgehead atoms. The van der Waals surface area contributed by atoms with Crippen molar-refractivity contribution in [1.29, 1.82) is 0 Å². The molecule has 0 unspecified atom stereocenters. The molecule has 2 aromatic carbocycles. The largest absolute Gasteiger partial charge is 0.344 e. The molecule has 0 aliphatic heterocycles. The van der Waals surface area contributed by atoms with Gasteiger partial charge >= 0.3 is 0 Å². The lowest BCUT2D eigenvalue weighted by molar-refractivity contribution is 1.07. The van der Waals surface area contributed by atoms with Gasteiger partial charge in [0, 0.05) is 30.0 Å². The third-order valence-electron chi connectivity index (χ3n) is 3.16. The van der Waals surface area contributed by atoms with Crippen LogP contribution in [-0.2, 0) is 6.54 Å². The highest BCUT2D eigenvalue weighted by Crippen LogP contribution is 2.30. The van der Waals surface area contributed by atoms with Crippen molar-refractivity contribution in [2.45, 2.75) is 13.5 Å². The second-order valence-corrected chi connectivity index (χ2v) is 4.72. The molecule has 0 atom stereocenters. The van der Waals surface area contributed by atoms with Crippen LogP contribution in [0.15, 0.2) is 42.5 Å². The lowest BCUT2D eigenvalue weighted by Crippen LogP contribution is -2.11. The highest BCUT2D eigenvalue weighted by atomic mass is 35.5. The molecular formula is C15H17ClN2. The number of halogens is 1. The van der Waals surface area contributed by atoms with Gasteiger partial charge in [-0.1, -0.05) is 29.8 Å². The predicted molar refractivity (Wildman–Crippen MR) is 78.6 cm³/mol. The molecule has 0 heterocycles. The van der Waals surface area contributed by atoms with Gasteiger partial charge in [0.15, 0.2) is 0 Å². The first kappa shape index (κ1) is 12.9. The van der Waals surface area contributed by atoms with Crippen molar-refractivity contribution in [2.24, 2.45) is 5.73 Å². The van der Waals surface area contributed by atoms with E-state index in [-0.39, 0.29) is 0 Å². The SMILES string of the molecule is Cc1c(Cl)cccc1N(C)c1ccc(CN)cc1. The van der Waals surface area contributed by atoms with E-state index in [1.165, 1.54) is 0 Å². The number of benzene rings is 2. The van der Waals surface area contributed by atoms with Gasteiger partial charge in [-0.3, -0.25) is 0 Å². The van der Waals surface area contributed by atoms with Crippen LogP contribution in [0.5, 0.6) is 0 Å². The molecule has 2 N–H and O–H groups in total. The number of nitrogens with two attached hydrogens (primary N) is 1. The number of rotatable bonds is 3. The minimum atomic E-state index is 0.570. The first-order valence-electron chi connectivity index (χ1n) is 5.91. The minimum absolute atomic E-state index is 0.570. The van der Waals surface area contributed by atoms with Crippen LogP contribution in [-0.4, -0.2) is 7.05 Å². The maximum Gasteiger partial charge on any atom is 0.0455 e. The van der Waals surface area contributed by atoms with Crippen molar-refractivity contribution < 1.29 is 0 Å². The minimum Gasteiger partial charge on any atom is -0.344 e. The van der Waals surface area contributed by atoms with Crippen molar-refractivity contribution in [1.82, 2.24) is 0 Å². The molecule has 0 aromatic heterocycles. The van der Waals surface area contributed by atoms with Gasteiger partial charge in [0.2, 0.25) is 0 Å². The van der Waals surface area contributed by atoms with E-state index in [0.717, 1.165) is 27.5 Å². The number of hydrogen-bond acceptors (Lipinski definition) is 2. The molecule has 2 rings (SSSR count). The third kappa shape index (κ3) is 2.50. The van der Waals surface area contributed by atoms with E-state index >= 15 is 0 Å². The van der Waals surface area contributed by atoms with Crippen LogP contribution in [0.1, 0.15) is 11.1 Å². The van der Waals surface area contributed by atoms with Gasteiger partial charge in [0.05, 0.1) is 0 Å². The Morgan fingerprint density at radius 3 is 2.39 bits per heavy atom. The van der Waals surface area contributed by atoms with Gasteiger partial charge in [-0.15, -0.1) is 0 Å². The maximum atomic E-state index is 6.15. The normalized spacial score (nSPS) is 10.4. The quantitative estimate of drug-likeness (QED) is 0.908. The van der Waals surface area contributed by atoms with E-state index in [1.54, 1.807) is 0 Å². The van der Waals surface area contributed by atoms with Crippen molar-refractivity contribution in [3.05, 3.63) is 58.6 Å². The fourth-order valence-corrected chi connectivity index (χ4v) is 2.12. The standard InChI is InChI=1S/C15H17ClN2/c1-11-14(16)4-3-5-15(11)18(2)13-8-6-12(10-17)7-9-13/h3-9H,10,17H2,1-2H3. The molecule has 0 aliphatic carbocycles. The van der Waals surface area contributed by atoms with E-state index in [1.807, 2.05) is 38.2 Å². The summed E-state index contributed by atoms with van der Waals surface area (Å²) in [4.78, 5) is 2.13. The molecule has 0 saturated heterocycles. The molecule has 0 aliphatic rings. The summed E-state index contributed by atoms with van der Waals surface area (Å²) in [5, 5.41) is 0.790. The van der Waals surface area contributed by atoms with Crippen LogP contribution in [0, 0.1) is 6.92 Å². The highest BCUT2D eigenvalue weighted by molar-refractivity contribution is 6.31. The van der Waals surface area contributed by atoms with E-state index in [0.29, 0.717) is 6.54 Å². The van der Waals surface area contributed by atoms with E-state index in [2.05, 4.69) is 23.1 Å². The zero-order chi connectivity index (χ0) is 13.1. The Balaban J connectivity index is 2.35. The molecule has 2 nitrogen and oxygen atoms in total. The number of anilines is 2.